The molecule has 4 heteroatoms. The number of nitrogens with one attached hydrogen (secondary N) is 2. The van der Waals surface area contributed by atoms with Gasteiger partial charge in [-0.2, -0.15) is 0 Å². The van der Waals surface area contributed by atoms with E-state index in [1.807, 2.05) is 19.2 Å². The molecule has 0 bridgehead atoms. The van der Waals surface area contributed by atoms with Crippen molar-refractivity contribution in [2.75, 3.05) is 13.6 Å². The topological polar surface area (TPSA) is 50.4 Å². The van der Waals surface area contributed by atoms with Crippen LogP contribution in [0.5, 0.6) is 5.75 Å². The van der Waals surface area contributed by atoms with Gasteiger partial charge in [0.2, 0.25) is 0 Å². The van der Waals surface area contributed by atoms with Gasteiger partial charge < -0.3 is 15.4 Å². The van der Waals surface area contributed by atoms with Crippen molar-refractivity contribution < 1.29 is 9.53 Å². The van der Waals surface area contributed by atoms with Crippen LogP contribution in [0.15, 0.2) is 18.2 Å². The number of amides is 1. The Hall–Kier alpha value is -1.55. The number of hydrogen-bond acceptors (Lipinski definition) is 3. The van der Waals surface area contributed by atoms with Crippen LogP contribution in [0.25, 0.3) is 0 Å². The molecule has 0 aliphatic heterocycles. The highest BCUT2D eigenvalue weighted by Crippen LogP contribution is 2.36. The molecule has 2 atom stereocenters. The molecule has 0 radical (unpaired) electrons. The molecule has 1 aliphatic carbocycles. The first-order chi connectivity index (χ1) is 10.0. The fourth-order valence-corrected chi connectivity index (χ4v) is 2.72. The molecule has 2 rings (SSSR count). The maximum atomic E-state index is 12.0. The van der Waals surface area contributed by atoms with Crippen LogP contribution in [0.4, 0.5) is 0 Å². The Morgan fingerprint density at radius 1 is 1.38 bits per heavy atom. The first-order valence-corrected chi connectivity index (χ1v) is 7.76. The molecular formula is C17H26N2O2. The van der Waals surface area contributed by atoms with Gasteiger partial charge in [-0.15, -0.1) is 0 Å². The molecule has 21 heavy (non-hydrogen) atoms. The first-order valence-electron chi connectivity index (χ1n) is 7.76. The molecule has 1 aromatic rings. The molecule has 1 amide bonds. The zero-order valence-electron chi connectivity index (χ0n) is 13.4. The molecule has 1 aromatic carbocycles. The van der Waals surface area contributed by atoms with Gasteiger partial charge in [0.15, 0.2) is 6.10 Å². The minimum Gasteiger partial charge on any atom is -0.481 e. The highest BCUT2D eigenvalue weighted by Gasteiger charge is 2.25. The van der Waals surface area contributed by atoms with Crippen molar-refractivity contribution in [1.82, 2.24) is 10.6 Å². The quantitative estimate of drug-likeness (QED) is 0.846. The summed E-state index contributed by atoms with van der Waals surface area (Å²) in [7, 11) is 1.98. The van der Waals surface area contributed by atoms with Gasteiger partial charge in [-0.3, -0.25) is 4.79 Å². The summed E-state index contributed by atoms with van der Waals surface area (Å²) in [6.07, 6.45) is 1.61. The number of fused-ring (bicyclic) bond motifs is 1. The van der Waals surface area contributed by atoms with E-state index in [-0.39, 0.29) is 5.91 Å². The van der Waals surface area contributed by atoms with Crippen LogP contribution in [0, 0.1) is 5.92 Å². The lowest BCUT2D eigenvalue weighted by atomic mass is 10.1. The monoisotopic (exact) mass is 290 g/mol. The Kier molecular flexibility index (Phi) is 5.23. The maximum absolute atomic E-state index is 12.0. The summed E-state index contributed by atoms with van der Waals surface area (Å²) < 4.78 is 5.90. The summed E-state index contributed by atoms with van der Waals surface area (Å²) in [5, 5.41) is 6.23. The molecule has 4 nitrogen and oxygen atoms in total. The van der Waals surface area contributed by atoms with Crippen LogP contribution in [0.3, 0.4) is 0 Å². The number of hydrogen-bond donors (Lipinski definition) is 2. The van der Waals surface area contributed by atoms with Gasteiger partial charge in [0, 0.05) is 12.6 Å². The van der Waals surface area contributed by atoms with Crippen molar-refractivity contribution >= 4 is 5.91 Å². The zero-order chi connectivity index (χ0) is 15.4. The van der Waals surface area contributed by atoms with Crippen LogP contribution >= 0.6 is 0 Å². The standard InChI is InChI=1S/C17H26N2O2/c1-11(2)10-19-17(20)12(3)21-16-7-5-6-13-14(16)8-9-15(13)18-4/h5-7,11-12,15,18H,8-10H2,1-4H3,(H,19,20). The van der Waals surface area contributed by atoms with Crippen molar-refractivity contribution in [2.24, 2.45) is 5.92 Å². The van der Waals surface area contributed by atoms with E-state index in [9.17, 15) is 4.79 Å². The number of ether oxygens (including phenoxy) is 1. The number of carbonyl (C=O) groups excluding carboxylic acids is 1. The average molecular weight is 290 g/mol. The third-order valence-electron chi connectivity index (χ3n) is 3.93. The Bertz CT molecular complexity index is 500. The predicted octanol–water partition coefficient (Wildman–Crippen LogP) is 2.43. The predicted molar refractivity (Wildman–Crippen MR) is 84.5 cm³/mol. The Balaban J connectivity index is 2.04. The van der Waals surface area contributed by atoms with Crippen LogP contribution in [0.2, 0.25) is 0 Å². The maximum Gasteiger partial charge on any atom is 0.260 e. The third-order valence-corrected chi connectivity index (χ3v) is 3.93. The van der Waals surface area contributed by atoms with Crippen LogP contribution in [-0.2, 0) is 11.2 Å². The molecule has 0 spiro atoms. The van der Waals surface area contributed by atoms with Gasteiger partial charge in [0.05, 0.1) is 0 Å². The molecule has 0 fully saturated rings. The Morgan fingerprint density at radius 3 is 2.81 bits per heavy atom. The van der Waals surface area contributed by atoms with Crippen molar-refractivity contribution in [2.45, 2.75) is 45.8 Å². The van der Waals surface area contributed by atoms with E-state index >= 15 is 0 Å². The summed E-state index contributed by atoms with van der Waals surface area (Å²) in [6.45, 7) is 6.64. The number of carbonyl (C=O) groups is 1. The molecule has 0 heterocycles. The minimum atomic E-state index is -0.469. The Morgan fingerprint density at radius 2 is 2.14 bits per heavy atom. The van der Waals surface area contributed by atoms with Crippen molar-refractivity contribution in [3.05, 3.63) is 29.3 Å². The highest BCUT2D eigenvalue weighted by atomic mass is 16.5. The molecule has 116 valence electrons. The van der Waals surface area contributed by atoms with Crippen molar-refractivity contribution in [1.29, 1.82) is 0 Å². The van der Waals surface area contributed by atoms with Crippen LogP contribution in [0.1, 0.15) is 44.4 Å². The second-order valence-corrected chi connectivity index (χ2v) is 6.10. The SMILES string of the molecule is CNC1CCc2c(OC(C)C(=O)NCC(C)C)cccc21. The normalized spacial score (nSPS) is 18.4. The largest absolute Gasteiger partial charge is 0.481 e. The Labute approximate surface area is 127 Å². The van der Waals surface area contributed by atoms with Crippen molar-refractivity contribution in [3.63, 3.8) is 0 Å². The minimum absolute atomic E-state index is 0.0514. The van der Waals surface area contributed by atoms with E-state index in [1.54, 1.807) is 6.92 Å². The van der Waals surface area contributed by atoms with Gasteiger partial charge >= 0.3 is 0 Å². The molecule has 2 unspecified atom stereocenters. The average Bonchev–Trinajstić information content (AvgIpc) is 2.88. The van der Waals surface area contributed by atoms with E-state index in [0.717, 1.165) is 18.6 Å². The number of benzene rings is 1. The molecule has 0 aromatic heterocycles. The molecule has 2 N–H and O–H groups in total. The smallest absolute Gasteiger partial charge is 0.260 e. The van der Waals surface area contributed by atoms with E-state index in [4.69, 9.17) is 4.74 Å². The number of rotatable bonds is 6. The van der Waals surface area contributed by atoms with E-state index in [0.29, 0.717) is 18.5 Å². The summed E-state index contributed by atoms with van der Waals surface area (Å²) in [4.78, 5) is 12.0. The summed E-state index contributed by atoms with van der Waals surface area (Å²) >= 11 is 0. The first kappa shape index (κ1) is 15.8. The van der Waals surface area contributed by atoms with Crippen LogP contribution < -0.4 is 15.4 Å². The summed E-state index contributed by atoms with van der Waals surface area (Å²) in [6, 6.07) is 6.50. The van der Waals surface area contributed by atoms with E-state index in [1.165, 1.54) is 11.1 Å². The lowest BCUT2D eigenvalue weighted by Gasteiger charge is -2.18. The van der Waals surface area contributed by atoms with Gasteiger partial charge in [-0.05, 0) is 49.9 Å². The lowest BCUT2D eigenvalue weighted by molar-refractivity contribution is -0.127. The van der Waals surface area contributed by atoms with Gasteiger partial charge in [-0.25, -0.2) is 0 Å². The summed E-state index contributed by atoms with van der Waals surface area (Å²) in [5.74, 6) is 1.24. The highest BCUT2D eigenvalue weighted by molar-refractivity contribution is 5.80. The molecular weight excluding hydrogens is 264 g/mol. The van der Waals surface area contributed by atoms with Gasteiger partial charge in [-0.1, -0.05) is 26.0 Å². The van der Waals surface area contributed by atoms with Crippen LogP contribution in [-0.4, -0.2) is 25.6 Å². The molecule has 0 saturated carbocycles. The summed E-state index contributed by atoms with van der Waals surface area (Å²) in [5.41, 5.74) is 2.53. The van der Waals surface area contributed by atoms with E-state index in [2.05, 4.69) is 30.5 Å². The molecule has 1 aliphatic rings. The fourth-order valence-electron chi connectivity index (χ4n) is 2.72. The molecule has 0 saturated heterocycles. The third kappa shape index (κ3) is 3.76. The lowest BCUT2D eigenvalue weighted by Crippen LogP contribution is -2.38. The van der Waals surface area contributed by atoms with E-state index < -0.39 is 6.10 Å². The fraction of sp³-hybridized carbons (Fsp3) is 0.588. The van der Waals surface area contributed by atoms with Gasteiger partial charge in [0.1, 0.15) is 5.75 Å². The zero-order valence-corrected chi connectivity index (χ0v) is 13.4. The van der Waals surface area contributed by atoms with Crippen molar-refractivity contribution in [3.8, 4) is 5.75 Å². The second-order valence-electron chi connectivity index (χ2n) is 6.10. The second kappa shape index (κ2) is 6.94. The van der Waals surface area contributed by atoms with Gasteiger partial charge in [0.25, 0.3) is 5.91 Å².